The smallest absolute Gasteiger partial charge is 0.117 e. The molecule has 0 unspecified atom stereocenters. The molecule has 0 amide bonds. The Hall–Kier alpha value is -1.31. The molecule has 0 aromatic heterocycles. The third-order valence-corrected chi connectivity index (χ3v) is 5.94. The van der Waals surface area contributed by atoms with Gasteiger partial charge in [0.05, 0.1) is 11.1 Å². The topological polar surface area (TPSA) is 24.7 Å². The molecule has 0 aliphatic rings. The predicted molar refractivity (Wildman–Crippen MR) is 144 cm³/mol. The molecule has 0 heterocycles. The van der Waals surface area contributed by atoms with Gasteiger partial charge in [-0.3, -0.25) is 9.98 Å². The van der Waals surface area contributed by atoms with Gasteiger partial charge in [0.15, 0.2) is 0 Å². The molecule has 0 N–H and O–H groups in total. The van der Waals surface area contributed by atoms with Crippen LogP contribution in [0.3, 0.4) is 0 Å². The maximum absolute atomic E-state index is 4.86. The molecule has 0 atom stereocenters. The van der Waals surface area contributed by atoms with E-state index in [0.29, 0.717) is 5.31 Å². The van der Waals surface area contributed by atoms with Crippen molar-refractivity contribution in [3.8, 4) is 0 Å². The number of benzene rings is 1. The van der Waals surface area contributed by atoms with E-state index in [9.17, 15) is 0 Å². The molecule has 2 radical (unpaired) electrons. The highest BCUT2D eigenvalue weighted by Crippen LogP contribution is 2.30. The second-order valence-corrected chi connectivity index (χ2v) is 12.0. The molecule has 1 rings (SSSR count). The second kappa shape index (κ2) is 11.5. The fraction of sp³-hybridized carbons (Fsp3) is 0.704. The maximum Gasteiger partial charge on any atom is 0.117 e. The lowest BCUT2D eigenvalue weighted by atomic mass is 9.50. The SMILES string of the molecule is CCC(C)(C)[B]CCC(C)(C)N=Cc1ccc(C=NC(C)(C)CC[B]C(C)(C)C)cc1. The van der Waals surface area contributed by atoms with Crippen molar-refractivity contribution < 1.29 is 0 Å². The lowest BCUT2D eigenvalue weighted by Gasteiger charge is -2.24. The summed E-state index contributed by atoms with van der Waals surface area (Å²) >= 11 is 0. The molecule has 0 saturated heterocycles. The number of rotatable bonds is 12. The van der Waals surface area contributed by atoms with E-state index in [1.54, 1.807) is 0 Å². The van der Waals surface area contributed by atoms with E-state index in [2.05, 4.69) is 108 Å². The van der Waals surface area contributed by atoms with Gasteiger partial charge in [-0.25, -0.2) is 0 Å². The molecular formula is C27H46B2N2. The molecule has 1 aromatic rings. The van der Waals surface area contributed by atoms with E-state index in [4.69, 9.17) is 9.98 Å². The summed E-state index contributed by atoms with van der Waals surface area (Å²) in [6.07, 6.45) is 9.52. The molecule has 31 heavy (non-hydrogen) atoms. The standard InChI is InChI=1S/C27H46B2N2/c1-11-25(5,6)29-19-17-27(9,10)31-21-23-14-12-22(13-15-23)20-30-26(7,8)16-18-28-24(2,3)4/h12-15,20-21H,11,16-19H2,1-10H3. The zero-order valence-corrected chi connectivity index (χ0v) is 22.0. The molecule has 0 saturated carbocycles. The summed E-state index contributed by atoms with van der Waals surface area (Å²) in [5, 5.41) is 0.590. The van der Waals surface area contributed by atoms with Crippen LogP contribution in [-0.4, -0.2) is 38.1 Å². The van der Waals surface area contributed by atoms with Crippen molar-refractivity contribution in [1.82, 2.24) is 0 Å². The lowest BCUT2D eigenvalue weighted by Crippen LogP contribution is -2.20. The van der Waals surface area contributed by atoms with Gasteiger partial charge in [-0.15, -0.1) is 0 Å². The second-order valence-electron chi connectivity index (χ2n) is 12.0. The number of hydrogen-bond donors (Lipinski definition) is 0. The summed E-state index contributed by atoms with van der Waals surface area (Å²) in [5.41, 5.74) is 2.19. The molecule has 0 aliphatic carbocycles. The first kappa shape index (κ1) is 27.7. The largest absolute Gasteiger partial charge is 0.287 e. The van der Waals surface area contributed by atoms with E-state index in [1.165, 1.54) is 6.42 Å². The molecule has 170 valence electrons. The molecular weight excluding hydrogens is 374 g/mol. The van der Waals surface area contributed by atoms with Gasteiger partial charge in [0.2, 0.25) is 0 Å². The van der Waals surface area contributed by atoms with Gasteiger partial charge in [0.1, 0.15) is 14.6 Å². The Morgan fingerprint density at radius 2 is 1.06 bits per heavy atom. The van der Waals surface area contributed by atoms with Crippen molar-refractivity contribution >= 4 is 27.0 Å². The summed E-state index contributed by atoms with van der Waals surface area (Å²) in [4.78, 5) is 9.70. The zero-order chi connectivity index (χ0) is 23.8. The monoisotopic (exact) mass is 420 g/mol. The normalized spacial score (nSPS) is 13.9. The summed E-state index contributed by atoms with van der Waals surface area (Å²) in [7, 11) is 4.84. The van der Waals surface area contributed by atoms with Gasteiger partial charge in [0.25, 0.3) is 0 Å². The van der Waals surface area contributed by atoms with Crippen molar-refractivity contribution in [3.63, 3.8) is 0 Å². The van der Waals surface area contributed by atoms with E-state index >= 15 is 0 Å². The molecule has 1 aromatic carbocycles. The Morgan fingerprint density at radius 1 is 0.677 bits per heavy atom. The van der Waals surface area contributed by atoms with Crippen LogP contribution in [0.2, 0.25) is 23.3 Å². The third kappa shape index (κ3) is 13.0. The van der Waals surface area contributed by atoms with Crippen LogP contribution in [0, 0.1) is 0 Å². The van der Waals surface area contributed by atoms with Crippen LogP contribution in [-0.2, 0) is 0 Å². The van der Waals surface area contributed by atoms with Crippen molar-refractivity contribution in [1.29, 1.82) is 0 Å². The first-order valence-corrected chi connectivity index (χ1v) is 12.0. The predicted octanol–water partition coefficient (Wildman–Crippen LogP) is 7.93. The van der Waals surface area contributed by atoms with Gasteiger partial charge in [0, 0.05) is 12.4 Å². The number of hydrogen-bond acceptors (Lipinski definition) is 2. The molecule has 0 aliphatic heterocycles. The summed E-state index contributed by atoms with van der Waals surface area (Å²) in [5.74, 6) is 0. The van der Waals surface area contributed by atoms with Gasteiger partial charge in [-0.1, -0.05) is 95.5 Å². The fourth-order valence-corrected chi connectivity index (χ4v) is 3.11. The lowest BCUT2D eigenvalue weighted by molar-refractivity contribution is 0.502. The highest BCUT2D eigenvalue weighted by atomic mass is 14.8. The van der Waals surface area contributed by atoms with Crippen LogP contribution in [0.15, 0.2) is 34.3 Å². The van der Waals surface area contributed by atoms with E-state index < -0.39 is 0 Å². The van der Waals surface area contributed by atoms with Crippen LogP contribution in [0.5, 0.6) is 0 Å². The highest BCUT2D eigenvalue weighted by molar-refractivity contribution is 6.39. The molecule has 0 bridgehead atoms. The van der Waals surface area contributed by atoms with Gasteiger partial charge in [-0.2, -0.15) is 0 Å². The summed E-state index contributed by atoms with van der Waals surface area (Å²) < 4.78 is 0. The Bertz CT molecular complexity index is 708. The highest BCUT2D eigenvalue weighted by Gasteiger charge is 2.21. The zero-order valence-electron chi connectivity index (χ0n) is 22.0. The summed E-state index contributed by atoms with van der Waals surface area (Å²) in [6, 6.07) is 8.53. The van der Waals surface area contributed by atoms with E-state index in [1.807, 2.05) is 12.4 Å². The van der Waals surface area contributed by atoms with Crippen molar-refractivity contribution in [2.24, 2.45) is 9.98 Å². The van der Waals surface area contributed by atoms with Crippen LogP contribution in [0.1, 0.15) is 99.6 Å². The Balaban J connectivity index is 2.59. The van der Waals surface area contributed by atoms with Crippen LogP contribution in [0.25, 0.3) is 0 Å². The van der Waals surface area contributed by atoms with Crippen LogP contribution < -0.4 is 0 Å². The molecule has 4 heteroatoms. The first-order valence-electron chi connectivity index (χ1n) is 12.0. The van der Waals surface area contributed by atoms with Crippen molar-refractivity contribution in [2.75, 3.05) is 0 Å². The van der Waals surface area contributed by atoms with Crippen molar-refractivity contribution in [3.05, 3.63) is 35.4 Å². The summed E-state index contributed by atoms with van der Waals surface area (Å²) in [6.45, 7) is 22.5. The molecule has 0 spiro atoms. The van der Waals surface area contributed by atoms with E-state index in [0.717, 1.165) is 36.6 Å². The van der Waals surface area contributed by atoms with Gasteiger partial charge in [-0.05, 0) is 51.7 Å². The number of nitrogens with zero attached hydrogens (tertiary/aromatic N) is 2. The fourth-order valence-electron chi connectivity index (χ4n) is 3.11. The Kier molecular flexibility index (Phi) is 10.3. The Labute approximate surface area is 195 Å². The number of aliphatic imine (C=N–C) groups is 2. The third-order valence-electron chi connectivity index (χ3n) is 5.94. The van der Waals surface area contributed by atoms with Crippen molar-refractivity contribution in [2.45, 2.75) is 123 Å². The average Bonchev–Trinajstić information content (AvgIpc) is 2.64. The van der Waals surface area contributed by atoms with Gasteiger partial charge < -0.3 is 0 Å². The maximum atomic E-state index is 4.86. The minimum atomic E-state index is -0.0471. The van der Waals surface area contributed by atoms with Gasteiger partial charge >= 0.3 is 0 Å². The van der Waals surface area contributed by atoms with Crippen LogP contribution in [0.4, 0.5) is 0 Å². The van der Waals surface area contributed by atoms with Crippen LogP contribution >= 0.6 is 0 Å². The minimum absolute atomic E-state index is 0.0464. The quantitative estimate of drug-likeness (QED) is 0.242. The molecule has 0 fully saturated rings. The first-order chi connectivity index (χ1) is 14.1. The minimum Gasteiger partial charge on any atom is -0.287 e. The Morgan fingerprint density at radius 3 is 1.42 bits per heavy atom. The van der Waals surface area contributed by atoms with E-state index in [-0.39, 0.29) is 16.4 Å². The molecule has 2 nitrogen and oxygen atoms in total. The average molecular weight is 420 g/mol.